The molecule has 0 radical (unpaired) electrons. The summed E-state index contributed by atoms with van der Waals surface area (Å²) >= 11 is 1.75. The Hall–Kier alpha value is -6.37. The topological polar surface area (TPSA) is 48.5 Å². The van der Waals surface area contributed by atoms with Crippen molar-refractivity contribution in [3.05, 3.63) is 152 Å². The van der Waals surface area contributed by atoms with Crippen molar-refractivity contribution in [2.45, 2.75) is 0 Å². The van der Waals surface area contributed by atoms with Crippen LogP contribution in [-0.4, -0.2) is 24.1 Å². The molecule has 11 aromatic rings. The highest BCUT2D eigenvalue weighted by Crippen LogP contribution is 2.50. The number of aromatic nitrogens is 5. The van der Waals surface area contributed by atoms with Crippen LogP contribution in [0.15, 0.2) is 152 Å². The second-order valence-corrected chi connectivity index (χ2v) is 13.4. The monoisotopic (exact) mass is 643 g/mol. The normalized spacial score (nSPS) is 12.1. The third-order valence-electron chi connectivity index (χ3n) is 9.77. The maximum atomic E-state index is 5.41. The van der Waals surface area contributed by atoms with E-state index in [4.69, 9.17) is 15.0 Å². The smallest absolute Gasteiger partial charge is 0.235 e. The Morgan fingerprint density at radius 3 is 1.90 bits per heavy atom. The highest BCUT2D eigenvalue weighted by molar-refractivity contribution is 7.26. The van der Waals surface area contributed by atoms with Crippen LogP contribution in [-0.2, 0) is 0 Å². The molecule has 0 atom stereocenters. The Bertz CT molecular complexity index is 3100. The number of benzene rings is 6. The Labute approximate surface area is 284 Å². The molecule has 0 spiro atoms. The molecular weight excluding hydrogens is 619 g/mol. The summed E-state index contributed by atoms with van der Waals surface area (Å²) in [5.41, 5.74) is 8.52. The van der Waals surface area contributed by atoms with E-state index in [0.717, 1.165) is 54.5 Å². The molecule has 0 aliphatic rings. The predicted molar refractivity (Wildman–Crippen MR) is 204 cm³/mol. The third-order valence-corrected chi connectivity index (χ3v) is 10.9. The van der Waals surface area contributed by atoms with Gasteiger partial charge in [0.25, 0.3) is 0 Å². The Kier molecular flexibility index (Phi) is 5.48. The minimum absolute atomic E-state index is 0.650. The standard InChI is InChI=1S/C43H25N5S/c1-3-14-26(15-4-1)38-28-18-7-10-22-32(28)45-43(46-38)48-34-24-12-9-20-30(34)37-39-35(36-31-21-13-25-44-42(31)49-41(36)40(37)48)29-19-8-11-23-33(29)47(39)27-16-5-2-6-17-27/h1-25H. The van der Waals surface area contributed by atoms with Gasteiger partial charge in [0.15, 0.2) is 0 Å². The maximum Gasteiger partial charge on any atom is 0.235 e. The molecule has 228 valence electrons. The summed E-state index contributed by atoms with van der Waals surface area (Å²) in [7, 11) is 0. The molecule has 5 heterocycles. The third kappa shape index (κ3) is 3.66. The molecule has 0 amide bonds. The number of pyridine rings is 1. The van der Waals surface area contributed by atoms with Crippen LogP contribution in [0.3, 0.4) is 0 Å². The van der Waals surface area contributed by atoms with Gasteiger partial charge in [0, 0.05) is 55.2 Å². The average molecular weight is 644 g/mol. The Morgan fingerprint density at radius 2 is 1.10 bits per heavy atom. The molecule has 5 aromatic heterocycles. The minimum atomic E-state index is 0.650. The van der Waals surface area contributed by atoms with E-state index in [1.807, 2.05) is 12.3 Å². The number of hydrogen-bond donors (Lipinski definition) is 0. The van der Waals surface area contributed by atoms with E-state index in [1.165, 1.54) is 37.3 Å². The molecule has 0 bridgehead atoms. The summed E-state index contributed by atoms with van der Waals surface area (Å²) in [4.78, 5) is 16.6. The van der Waals surface area contributed by atoms with Gasteiger partial charge in [-0.1, -0.05) is 103 Å². The zero-order valence-corrected chi connectivity index (χ0v) is 26.9. The van der Waals surface area contributed by atoms with Gasteiger partial charge in [-0.3, -0.25) is 4.57 Å². The van der Waals surface area contributed by atoms with E-state index < -0.39 is 0 Å². The zero-order chi connectivity index (χ0) is 32.1. The van der Waals surface area contributed by atoms with Crippen molar-refractivity contribution in [1.29, 1.82) is 0 Å². The van der Waals surface area contributed by atoms with Crippen LogP contribution in [0, 0.1) is 0 Å². The SMILES string of the molecule is c1ccc(-c2nc(-n3c4ccccc4c4c3c3sc5ncccc5c3c3c5ccccc5n(-c5ccccc5)c34)nc3ccccc23)cc1. The summed E-state index contributed by atoms with van der Waals surface area (Å²) < 4.78 is 5.93. The molecule has 0 aliphatic carbocycles. The molecule has 6 heteroatoms. The van der Waals surface area contributed by atoms with Crippen LogP contribution < -0.4 is 0 Å². The van der Waals surface area contributed by atoms with Crippen LogP contribution in [0.5, 0.6) is 0 Å². The second-order valence-electron chi connectivity index (χ2n) is 12.4. The lowest BCUT2D eigenvalue weighted by Crippen LogP contribution is -2.03. The van der Waals surface area contributed by atoms with Crippen LogP contribution in [0.25, 0.3) is 97.7 Å². The van der Waals surface area contributed by atoms with Crippen LogP contribution in [0.4, 0.5) is 0 Å². The largest absolute Gasteiger partial charge is 0.309 e. The highest BCUT2D eigenvalue weighted by Gasteiger charge is 2.27. The second kappa shape index (κ2) is 10.1. The predicted octanol–water partition coefficient (Wildman–Crippen LogP) is 11.3. The first kappa shape index (κ1) is 26.7. The van der Waals surface area contributed by atoms with Crippen molar-refractivity contribution in [2.24, 2.45) is 0 Å². The van der Waals surface area contributed by atoms with E-state index >= 15 is 0 Å². The first-order valence-corrected chi connectivity index (χ1v) is 17.2. The van der Waals surface area contributed by atoms with Crippen molar-refractivity contribution < 1.29 is 0 Å². The van der Waals surface area contributed by atoms with Gasteiger partial charge in [0.05, 0.1) is 38.0 Å². The van der Waals surface area contributed by atoms with Crippen molar-refractivity contribution in [1.82, 2.24) is 24.1 Å². The molecule has 0 N–H and O–H groups in total. The van der Waals surface area contributed by atoms with Crippen molar-refractivity contribution >= 4 is 86.2 Å². The fraction of sp³-hybridized carbons (Fsp3) is 0. The van der Waals surface area contributed by atoms with Gasteiger partial charge < -0.3 is 4.57 Å². The van der Waals surface area contributed by atoms with E-state index in [9.17, 15) is 0 Å². The molecule has 0 saturated heterocycles. The van der Waals surface area contributed by atoms with Crippen LogP contribution in [0.2, 0.25) is 0 Å². The van der Waals surface area contributed by atoms with Gasteiger partial charge in [0.1, 0.15) is 4.83 Å². The van der Waals surface area contributed by atoms with Gasteiger partial charge in [0.2, 0.25) is 5.95 Å². The average Bonchev–Trinajstić information content (AvgIpc) is 3.83. The van der Waals surface area contributed by atoms with Gasteiger partial charge in [-0.05, 0) is 42.5 Å². The summed E-state index contributed by atoms with van der Waals surface area (Å²) in [5, 5.41) is 8.22. The molecule has 5 nitrogen and oxygen atoms in total. The molecule has 11 rings (SSSR count). The number of hydrogen-bond acceptors (Lipinski definition) is 4. The number of nitrogens with zero attached hydrogens (tertiary/aromatic N) is 5. The number of rotatable bonds is 3. The molecule has 49 heavy (non-hydrogen) atoms. The minimum Gasteiger partial charge on any atom is -0.309 e. The van der Waals surface area contributed by atoms with E-state index in [1.54, 1.807) is 11.3 Å². The van der Waals surface area contributed by atoms with Gasteiger partial charge in [-0.25, -0.2) is 15.0 Å². The van der Waals surface area contributed by atoms with Crippen LogP contribution >= 0.6 is 11.3 Å². The van der Waals surface area contributed by atoms with Crippen molar-refractivity contribution in [3.63, 3.8) is 0 Å². The zero-order valence-electron chi connectivity index (χ0n) is 26.1. The van der Waals surface area contributed by atoms with Gasteiger partial charge in [-0.15, -0.1) is 11.3 Å². The molecule has 6 aromatic carbocycles. The summed E-state index contributed by atoms with van der Waals surface area (Å²) in [5.74, 6) is 0.650. The lowest BCUT2D eigenvalue weighted by atomic mass is 10.0. The molecule has 0 fully saturated rings. The Balaban J connectivity index is 1.43. The first-order valence-electron chi connectivity index (χ1n) is 16.4. The lowest BCUT2D eigenvalue weighted by Gasteiger charge is -2.13. The fourth-order valence-electron chi connectivity index (χ4n) is 7.81. The summed E-state index contributed by atoms with van der Waals surface area (Å²) in [6.45, 7) is 0. The van der Waals surface area contributed by atoms with E-state index in [-0.39, 0.29) is 0 Å². The van der Waals surface area contributed by atoms with Crippen molar-refractivity contribution in [2.75, 3.05) is 0 Å². The van der Waals surface area contributed by atoms with Gasteiger partial charge >= 0.3 is 0 Å². The summed E-state index contributed by atoms with van der Waals surface area (Å²) in [6.07, 6.45) is 1.90. The number of thiophene rings is 1. The van der Waals surface area contributed by atoms with Crippen LogP contribution in [0.1, 0.15) is 0 Å². The lowest BCUT2D eigenvalue weighted by molar-refractivity contribution is 1.02. The van der Waals surface area contributed by atoms with E-state index in [2.05, 4.69) is 149 Å². The maximum absolute atomic E-state index is 5.41. The number of fused-ring (bicyclic) bond motifs is 13. The van der Waals surface area contributed by atoms with E-state index in [0.29, 0.717) is 5.95 Å². The fourth-order valence-corrected chi connectivity index (χ4v) is 9.00. The van der Waals surface area contributed by atoms with Gasteiger partial charge in [-0.2, -0.15) is 0 Å². The molecule has 0 unspecified atom stereocenters. The number of para-hydroxylation sites is 4. The first-order chi connectivity index (χ1) is 24.3. The van der Waals surface area contributed by atoms with Crippen molar-refractivity contribution in [3.8, 4) is 22.9 Å². The molecule has 0 saturated carbocycles. The molecule has 0 aliphatic heterocycles. The molecular formula is C43H25N5S. The summed E-state index contributed by atoms with van der Waals surface area (Å²) in [6, 6.07) is 51.2. The Morgan fingerprint density at radius 1 is 0.469 bits per heavy atom. The highest BCUT2D eigenvalue weighted by atomic mass is 32.1. The quantitative estimate of drug-likeness (QED) is 0.192.